The van der Waals surface area contributed by atoms with Gasteiger partial charge in [0.2, 0.25) is 0 Å². The van der Waals surface area contributed by atoms with Gasteiger partial charge in [-0.15, -0.1) is 0 Å². The van der Waals surface area contributed by atoms with Gasteiger partial charge in [0.15, 0.2) is 0 Å². The molecular formula is C14H20BrN3. The Labute approximate surface area is 117 Å². The van der Waals surface area contributed by atoms with Gasteiger partial charge in [-0.25, -0.2) is 4.98 Å². The maximum atomic E-state index is 4.61. The van der Waals surface area contributed by atoms with E-state index in [4.69, 9.17) is 0 Å². The molecule has 1 aromatic rings. The number of aromatic nitrogens is 1. The first kappa shape index (κ1) is 12.4. The number of pyridine rings is 1. The van der Waals surface area contributed by atoms with E-state index in [-0.39, 0.29) is 0 Å². The van der Waals surface area contributed by atoms with E-state index in [1.54, 1.807) is 0 Å². The number of anilines is 1. The number of halogens is 1. The number of likely N-dealkylation sites (N-methyl/N-ethyl adjacent to an activating group) is 1. The highest BCUT2D eigenvalue weighted by molar-refractivity contribution is 9.10. The topological polar surface area (TPSA) is 19.4 Å². The Kier molecular flexibility index (Phi) is 3.32. The van der Waals surface area contributed by atoms with E-state index in [0.29, 0.717) is 6.04 Å². The van der Waals surface area contributed by atoms with Gasteiger partial charge in [0.1, 0.15) is 5.82 Å². The summed E-state index contributed by atoms with van der Waals surface area (Å²) in [6.45, 7) is 4.42. The minimum Gasteiger partial charge on any atom is -0.355 e. The van der Waals surface area contributed by atoms with Crippen molar-refractivity contribution in [3.05, 3.63) is 22.3 Å². The molecule has 0 amide bonds. The van der Waals surface area contributed by atoms with Crippen LogP contribution >= 0.6 is 15.9 Å². The molecule has 0 N–H and O–H groups in total. The summed E-state index contributed by atoms with van der Waals surface area (Å²) in [5, 5.41) is 0. The SMILES string of the molecule is Cc1cc(Br)cnc1N1CCC2CCC(C1)N2C. The second-order valence-corrected chi connectivity index (χ2v) is 6.49. The van der Waals surface area contributed by atoms with Crippen molar-refractivity contribution in [3.63, 3.8) is 0 Å². The summed E-state index contributed by atoms with van der Waals surface area (Å²) in [5.41, 5.74) is 1.27. The van der Waals surface area contributed by atoms with Gasteiger partial charge in [-0.1, -0.05) is 0 Å². The fourth-order valence-corrected chi connectivity index (χ4v) is 3.81. The van der Waals surface area contributed by atoms with Crippen LogP contribution in [0.2, 0.25) is 0 Å². The van der Waals surface area contributed by atoms with E-state index in [9.17, 15) is 0 Å². The molecule has 2 fully saturated rings. The lowest BCUT2D eigenvalue weighted by atomic mass is 10.1. The molecule has 18 heavy (non-hydrogen) atoms. The Morgan fingerprint density at radius 2 is 2.06 bits per heavy atom. The molecule has 0 radical (unpaired) electrons. The highest BCUT2D eigenvalue weighted by atomic mass is 79.9. The fourth-order valence-electron chi connectivity index (χ4n) is 3.37. The highest BCUT2D eigenvalue weighted by Gasteiger charge is 2.35. The Bertz CT molecular complexity index is 449. The zero-order valence-corrected chi connectivity index (χ0v) is 12.7. The standard InChI is InChI=1S/C14H20BrN3/c1-10-7-11(15)8-16-14(10)18-6-5-12-3-4-13(9-18)17(12)2/h7-8,12-13H,3-6,9H2,1-2H3. The average Bonchev–Trinajstić information content (AvgIpc) is 2.55. The number of fused-ring (bicyclic) bond motifs is 2. The van der Waals surface area contributed by atoms with Crippen LogP contribution in [0.3, 0.4) is 0 Å². The molecule has 2 bridgehead atoms. The van der Waals surface area contributed by atoms with Crippen LogP contribution in [0.1, 0.15) is 24.8 Å². The third kappa shape index (κ3) is 2.16. The summed E-state index contributed by atoms with van der Waals surface area (Å²) in [5.74, 6) is 1.17. The number of hydrogen-bond acceptors (Lipinski definition) is 3. The normalized spacial score (nSPS) is 28.5. The van der Waals surface area contributed by atoms with Gasteiger partial charge in [-0.3, -0.25) is 4.90 Å². The summed E-state index contributed by atoms with van der Waals surface area (Å²) >= 11 is 3.49. The predicted molar refractivity (Wildman–Crippen MR) is 78.1 cm³/mol. The first-order valence-electron chi connectivity index (χ1n) is 6.74. The maximum absolute atomic E-state index is 4.61. The molecule has 3 heterocycles. The van der Waals surface area contributed by atoms with E-state index >= 15 is 0 Å². The van der Waals surface area contributed by atoms with Gasteiger partial charge in [0.05, 0.1) is 0 Å². The molecule has 3 nitrogen and oxygen atoms in total. The Morgan fingerprint density at radius 1 is 1.28 bits per heavy atom. The lowest BCUT2D eigenvalue weighted by Crippen LogP contribution is -2.37. The first-order chi connectivity index (χ1) is 8.65. The molecule has 0 spiro atoms. The van der Waals surface area contributed by atoms with Gasteiger partial charge in [0.25, 0.3) is 0 Å². The van der Waals surface area contributed by atoms with Crippen LogP contribution in [0.5, 0.6) is 0 Å². The van der Waals surface area contributed by atoms with Crippen molar-refractivity contribution < 1.29 is 0 Å². The van der Waals surface area contributed by atoms with E-state index in [2.05, 4.69) is 50.8 Å². The van der Waals surface area contributed by atoms with Crippen molar-refractivity contribution in [1.29, 1.82) is 0 Å². The molecule has 2 aliphatic heterocycles. The van der Waals surface area contributed by atoms with Gasteiger partial charge in [-0.05, 0) is 60.8 Å². The predicted octanol–water partition coefficient (Wildman–Crippen LogP) is 2.83. The van der Waals surface area contributed by atoms with E-state index in [1.165, 1.54) is 30.6 Å². The monoisotopic (exact) mass is 309 g/mol. The molecule has 0 aliphatic carbocycles. The molecule has 2 saturated heterocycles. The van der Waals surface area contributed by atoms with E-state index < -0.39 is 0 Å². The molecule has 0 aromatic carbocycles. The number of hydrogen-bond donors (Lipinski definition) is 0. The summed E-state index contributed by atoms with van der Waals surface area (Å²) in [7, 11) is 2.29. The fraction of sp³-hybridized carbons (Fsp3) is 0.643. The maximum Gasteiger partial charge on any atom is 0.131 e. The second-order valence-electron chi connectivity index (χ2n) is 5.58. The summed E-state index contributed by atoms with van der Waals surface area (Å²) in [6.07, 6.45) is 5.90. The number of aryl methyl sites for hydroxylation is 1. The van der Waals surface area contributed by atoms with E-state index in [0.717, 1.165) is 23.6 Å². The third-order valence-corrected chi connectivity index (χ3v) is 4.90. The molecule has 1 aromatic heterocycles. The van der Waals surface area contributed by atoms with Crippen LogP contribution in [-0.4, -0.2) is 42.1 Å². The first-order valence-corrected chi connectivity index (χ1v) is 7.53. The molecule has 2 atom stereocenters. The number of nitrogens with zero attached hydrogens (tertiary/aromatic N) is 3. The second kappa shape index (κ2) is 4.82. The van der Waals surface area contributed by atoms with Gasteiger partial charge in [0, 0.05) is 35.8 Å². The average molecular weight is 310 g/mol. The summed E-state index contributed by atoms with van der Waals surface area (Å²) in [6, 6.07) is 3.66. The quantitative estimate of drug-likeness (QED) is 0.795. The van der Waals surface area contributed by atoms with Crippen molar-refractivity contribution in [2.24, 2.45) is 0 Å². The van der Waals surface area contributed by atoms with Crippen LogP contribution in [0, 0.1) is 6.92 Å². The smallest absolute Gasteiger partial charge is 0.131 e. The van der Waals surface area contributed by atoms with Crippen molar-refractivity contribution in [3.8, 4) is 0 Å². The van der Waals surface area contributed by atoms with Crippen LogP contribution in [0.4, 0.5) is 5.82 Å². The Morgan fingerprint density at radius 3 is 2.83 bits per heavy atom. The molecule has 3 rings (SSSR count). The summed E-state index contributed by atoms with van der Waals surface area (Å²) in [4.78, 5) is 9.66. The molecule has 0 saturated carbocycles. The van der Waals surface area contributed by atoms with Crippen molar-refractivity contribution in [1.82, 2.24) is 9.88 Å². The van der Waals surface area contributed by atoms with Crippen molar-refractivity contribution >= 4 is 21.7 Å². The lowest BCUT2D eigenvalue weighted by Gasteiger charge is -2.27. The minimum absolute atomic E-state index is 0.711. The zero-order valence-electron chi connectivity index (χ0n) is 11.1. The Hall–Kier alpha value is -0.610. The minimum atomic E-state index is 0.711. The van der Waals surface area contributed by atoms with Gasteiger partial charge >= 0.3 is 0 Å². The molecule has 2 unspecified atom stereocenters. The van der Waals surface area contributed by atoms with Crippen LogP contribution in [-0.2, 0) is 0 Å². The van der Waals surface area contributed by atoms with Gasteiger partial charge < -0.3 is 4.90 Å². The number of rotatable bonds is 1. The van der Waals surface area contributed by atoms with Crippen molar-refractivity contribution in [2.45, 2.75) is 38.3 Å². The summed E-state index contributed by atoms with van der Waals surface area (Å²) < 4.78 is 1.07. The lowest BCUT2D eigenvalue weighted by molar-refractivity contribution is 0.254. The molecular weight excluding hydrogens is 290 g/mol. The van der Waals surface area contributed by atoms with Crippen LogP contribution in [0.15, 0.2) is 16.7 Å². The van der Waals surface area contributed by atoms with Crippen LogP contribution in [0.25, 0.3) is 0 Å². The third-order valence-electron chi connectivity index (χ3n) is 4.47. The highest BCUT2D eigenvalue weighted by Crippen LogP contribution is 2.31. The molecule has 98 valence electrons. The van der Waals surface area contributed by atoms with Crippen LogP contribution < -0.4 is 4.90 Å². The van der Waals surface area contributed by atoms with Gasteiger partial charge in [-0.2, -0.15) is 0 Å². The van der Waals surface area contributed by atoms with Crippen molar-refractivity contribution in [2.75, 3.05) is 25.0 Å². The van der Waals surface area contributed by atoms with E-state index in [1.807, 2.05) is 6.20 Å². The Balaban J connectivity index is 1.84. The molecule has 4 heteroatoms. The largest absolute Gasteiger partial charge is 0.355 e. The zero-order chi connectivity index (χ0) is 12.7. The molecule has 2 aliphatic rings.